The standard InChI is InChI=1S/C14H21FN2O/c1-3-12-10-17(7-8-18-12)14-11(9-16-2)5-4-6-13(14)15/h4-6,12,16H,3,7-10H2,1-2H3. The molecule has 0 aromatic heterocycles. The average molecular weight is 252 g/mol. The van der Waals surface area contributed by atoms with Crippen LogP contribution in [0.1, 0.15) is 18.9 Å². The van der Waals surface area contributed by atoms with Crippen LogP contribution in [0.4, 0.5) is 10.1 Å². The van der Waals surface area contributed by atoms with Gasteiger partial charge in [-0.25, -0.2) is 4.39 Å². The highest BCUT2D eigenvalue weighted by molar-refractivity contribution is 5.55. The summed E-state index contributed by atoms with van der Waals surface area (Å²) in [7, 11) is 1.88. The van der Waals surface area contributed by atoms with Gasteiger partial charge in [-0.1, -0.05) is 19.1 Å². The molecule has 3 nitrogen and oxygen atoms in total. The summed E-state index contributed by atoms with van der Waals surface area (Å²) in [6.45, 7) is 4.99. The summed E-state index contributed by atoms with van der Waals surface area (Å²) >= 11 is 0. The highest BCUT2D eigenvalue weighted by Gasteiger charge is 2.23. The predicted octanol–water partition coefficient (Wildman–Crippen LogP) is 2.16. The molecule has 1 unspecified atom stereocenters. The molecule has 0 saturated carbocycles. The fourth-order valence-electron chi connectivity index (χ4n) is 2.42. The molecule has 4 heteroatoms. The van der Waals surface area contributed by atoms with Gasteiger partial charge in [0, 0.05) is 19.6 Å². The Kier molecular flexibility index (Phi) is 4.55. The second-order valence-electron chi connectivity index (χ2n) is 4.62. The fraction of sp³-hybridized carbons (Fsp3) is 0.571. The Hall–Kier alpha value is -1.13. The topological polar surface area (TPSA) is 24.5 Å². The van der Waals surface area contributed by atoms with Crippen molar-refractivity contribution in [1.82, 2.24) is 5.32 Å². The summed E-state index contributed by atoms with van der Waals surface area (Å²) in [5.41, 5.74) is 1.74. The van der Waals surface area contributed by atoms with E-state index in [1.165, 1.54) is 6.07 Å². The molecule has 1 aromatic rings. The van der Waals surface area contributed by atoms with Crippen molar-refractivity contribution in [2.24, 2.45) is 0 Å². The summed E-state index contributed by atoms with van der Waals surface area (Å²) in [5.74, 6) is -0.139. The van der Waals surface area contributed by atoms with Gasteiger partial charge in [-0.15, -0.1) is 0 Å². The number of halogens is 1. The lowest BCUT2D eigenvalue weighted by molar-refractivity contribution is 0.0381. The molecule has 0 radical (unpaired) electrons. The van der Waals surface area contributed by atoms with E-state index in [4.69, 9.17) is 4.74 Å². The minimum atomic E-state index is -0.139. The van der Waals surface area contributed by atoms with E-state index in [9.17, 15) is 4.39 Å². The number of rotatable bonds is 4. The molecule has 0 aliphatic carbocycles. The number of nitrogens with zero attached hydrogens (tertiary/aromatic N) is 1. The van der Waals surface area contributed by atoms with Crippen LogP contribution in [0.15, 0.2) is 18.2 Å². The van der Waals surface area contributed by atoms with Crippen LogP contribution in [0.5, 0.6) is 0 Å². The van der Waals surface area contributed by atoms with Crippen molar-refractivity contribution >= 4 is 5.69 Å². The number of benzene rings is 1. The largest absolute Gasteiger partial charge is 0.375 e. The smallest absolute Gasteiger partial charge is 0.146 e. The second kappa shape index (κ2) is 6.16. The number of anilines is 1. The van der Waals surface area contributed by atoms with E-state index in [-0.39, 0.29) is 11.9 Å². The molecule has 0 amide bonds. The molecule has 1 atom stereocenters. The number of morpholine rings is 1. The summed E-state index contributed by atoms with van der Waals surface area (Å²) in [4.78, 5) is 2.11. The van der Waals surface area contributed by atoms with Gasteiger partial charge in [0.1, 0.15) is 5.82 Å². The quantitative estimate of drug-likeness (QED) is 0.888. The van der Waals surface area contributed by atoms with Gasteiger partial charge in [-0.2, -0.15) is 0 Å². The van der Waals surface area contributed by atoms with Crippen LogP contribution in [-0.2, 0) is 11.3 Å². The van der Waals surface area contributed by atoms with E-state index in [1.54, 1.807) is 6.07 Å². The normalized spacial score (nSPS) is 20.2. The number of para-hydroxylation sites is 1. The lowest BCUT2D eigenvalue weighted by Crippen LogP contribution is -2.43. The molecule has 18 heavy (non-hydrogen) atoms. The monoisotopic (exact) mass is 252 g/mol. The molecule has 1 fully saturated rings. The minimum absolute atomic E-state index is 0.139. The molecule has 1 aromatic carbocycles. The Bertz CT molecular complexity index is 397. The summed E-state index contributed by atoms with van der Waals surface area (Å²) in [5, 5.41) is 3.09. The van der Waals surface area contributed by atoms with E-state index >= 15 is 0 Å². The van der Waals surface area contributed by atoms with Gasteiger partial charge in [-0.3, -0.25) is 0 Å². The summed E-state index contributed by atoms with van der Waals surface area (Å²) < 4.78 is 19.7. The van der Waals surface area contributed by atoms with Gasteiger partial charge >= 0.3 is 0 Å². The fourth-order valence-corrected chi connectivity index (χ4v) is 2.42. The first-order valence-electron chi connectivity index (χ1n) is 6.54. The van der Waals surface area contributed by atoms with E-state index in [0.29, 0.717) is 13.2 Å². The van der Waals surface area contributed by atoms with Crippen molar-refractivity contribution in [2.75, 3.05) is 31.6 Å². The molecular formula is C14H21FN2O. The first-order valence-corrected chi connectivity index (χ1v) is 6.54. The highest BCUT2D eigenvalue weighted by Crippen LogP contribution is 2.26. The molecule has 0 spiro atoms. The molecular weight excluding hydrogens is 231 g/mol. The lowest BCUT2D eigenvalue weighted by atomic mass is 10.1. The van der Waals surface area contributed by atoms with Gasteiger partial charge in [-0.05, 0) is 25.1 Å². The first-order chi connectivity index (χ1) is 8.76. The zero-order chi connectivity index (χ0) is 13.0. The Morgan fingerprint density at radius 1 is 1.50 bits per heavy atom. The molecule has 1 N–H and O–H groups in total. The maximum absolute atomic E-state index is 14.1. The van der Waals surface area contributed by atoms with Gasteiger partial charge in [0.05, 0.1) is 18.4 Å². The van der Waals surface area contributed by atoms with Crippen LogP contribution in [0.3, 0.4) is 0 Å². The van der Waals surface area contributed by atoms with Gasteiger partial charge < -0.3 is 15.0 Å². The second-order valence-corrected chi connectivity index (χ2v) is 4.62. The Balaban J connectivity index is 2.25. The maximum Gasteiger partial charge on any atom is 0.146 e. The lowest BCUT2D eigenvalue weighted by Gasteiger charge is -2.35. The van der Waals surface area contributed by atoms with Crippen molar-refractivity contribution in [1.29, 1.82) is 0 Å². The Morgan fingerprint density at radius 2 is 2.33 bits per heavy atom. The van der Waals surface area contributed by atoms with Crippen LogP contribution < -0.4 is 10.2 Å². The van der Waals surface area contributed by atoms with Crippen molar-refractivity contribution in [3.8, 4) is 0 Å². The minimum Gasteiger partial charge on any atom is -0.375 e. The van der Waals surface area contributed by atoms with Crippen LogP contribution >= 0.6 is 0 Å². The zero-order valence-electron chi connectivity index (χ0n) is 11.1. The molecule has 1 aliphatic heterocycles. The number of hydrogen-bond donors (Lipinski definition) is 1. The number of nitrogens with one attached hydrogen (secondary N) is 1. The van der Waals surface area contributed by atoms with Gasteiger partial charge in [0.25, 0.3) is 0 Å². The molecule has 2 rings (SSSR count). The maximum atomic E-state index is 14.1. The Morgan fingerprint density at radius 3 is 3.06 bits per heavy atom. The van der Waals surface area contributed by atoms with Crippen LogP contribution in [0, 0.1) is 5.82 Å². The predicted molar refractivity (Wildman–Crippen MR) is 71.4 cm³/mol. The third-order valence-electron chi connectivity index (χ3n) is 3.35. The molecule has 1 heterocycles. The van der Waals surface area contributed by atoms with Crippen LogP contribution in [-0.4, -0.2) is 32.8 Å². The van der Waals surface area contributed by atoms with E-state index < -0.39 is 0 Å². The van der Waals surface area contributed by atoms with Crippen molar-refractivity contribution < 1.29 is 9.13 Å². The zero-order valence-corrected chi connectivity index (χ0v) is 11.1. The van der Waals surface area contributed by atoms with Crippen molar-refractivity contribution in [3.05, 3.63) is 29.6 Å². The third kappa shape index (κ3) is 2.82. The van der Waals surface area contributed by atoms with E-state index in [2.05, 4.69) is 17.1 Å². The van der Waals surface area contributed by atoms with E-state index in [0.717, 1.165) is 30.8 Å². The molecule has 1 aliphatic rings. The van der Waals surface area contributed by atoms with Crippen molar-refractivity contribution in [2.45, 2.75) is 26.0 Å². The first kappa shape index (κ1) is 13.3. The summed E-state index contributed by atoms with van der Waals surface area (Å²) in [6.07, 6.45) is 1.17. The SMILES string of the molecule is CCC1CN(c2c(F)cccc2CNC)CCO1. The summed E-state index contributed by atoms with van der Waals surface area (Å²) in [6, 6.07) is 5.28. The van der Waals surface area contributed by atoms with Crippen LogP contribution in [0.2, 0.25) is 0 Å². The molecule has 0 bridgehead atoms. The number of ether oxygens (including phenoxy) is 1. The molecule has 100 valence electrons. The number of hydrogen-bond acceptors (Lipinski definition) is 3. The third-order valence-corrected chi connectivity index (χ3v) is 3.35. The van der Waals surface area contributed by atoms with Crippen molar-refractivity contribution in [3.63, 3.8) is 0 Å². The average Bonchev–Trinajstić information content (AvgIpc) is 2.39. The van der Waals surface area contributed by atoms with E-state index in [1.807, 2.05) is 13.1 Å². The Labute approximate surface area is 108 Å². The highest BCUT2D eigenvalue weighted by atomic mass is 19.1. The molecule has 1 saturated heterocycles. The van der Waals surface area contributed by atoms with Gasteiger partial charge in [0.2, 0.25) is 0 Å². The van der Waals surface area contributed by atoms with Gasteiger partial charge in [0.15, 0.2) is 0 Å². The van der Waals surface area contributed by atoms with Crippen LogP contribution in [0.25, 0.3) is 0 Å².